The summed E-state index contributed by atoms with van der Waals surface area (Å²) in [4.78, 5) is 33.0. The van der Waals surface area contributed by atoms with Crippen LogP contribution in [0.5, 0.6) is 0 Å². The van der Waals surface area contributed by atoms with Gasteiger partial charge in [-0.25, -0.2) is 9.37 Å². The Morgan fingerprint density at radius 3 is 2.31 bits per heavy atom. The maximum atomic E-state index is 14.7. The lowest BCUT2D eigenvalue weighted by Gasteiger charge is -2.46. The second kappa shape index (κ2) is 8.82. The molecule has 2 saturated heterocycles. The lowest BCUT2D eigenvalue weighted by molar-refractivity contribution is 0.0224. The number of piperidine rings is 1. The van der Waals surface area contributed by atoms with Crippen LogP contribution < -0.4 is 0 Å². The summed E-state index contributed by atoms with van der Waals surface area (Å²) in [5, 5.41) is 1.79. The van der Waals surface area contributed by atoms with Crippen molar-refractivity contribution in [3.8, 4) is 11.1 Å². The fourth-order valence-corrected chi connectivity index (χ4v) is 5.23. The topological polar surface area (TPSA) is 53.5 Å². The first-order chi connectivity index (χ1) is 15.6. The molecule has 3 aromatic rings. The fraction of sp³-hybridized carbons (Fsp3) is 0.320. The molecular formula is C25H24FN3O2S. The first-order valence-electron chi connectivity index (χ1n) is 10.9. The highest BCUT2D eigenvalue weighted by atomic mass is 32.1. The molecule has 0 unspecified atom stereocenters. The number of hydrogen-bond donors (Lipinski definition) is 0. The van der Waals surface area contributed by atoms with Crippen molar-refractivity contribution in [1.82, 2.24) is 14.8 Å². The fourth-order valence-electron chi connectivity index (χ4n) is 4.70. The van der Waals surface area contributed by atoms with Crippen molar-refractivity contribution in [2.24, 2.45) is 11.8 Å². The molecule has 1 aromatic heterocycles. The number of carbonyl (C=O) groups excluding carboxylic acids is 2. The average Bonchev–Trinajstić information content (AvgIpc) is 3.33. The largest absolute Gasteiger partial charge is 0.338 e. The van der Waals surface area contributed by atoms with Gasteiger partial charge in [-0.3, -0.25) is 9.59 Å². The van der Waals surface area contributed by atoms with Crippen LogP contribution in [0.3, 0.4) is 0 Å². The van der Waals surface area contributed by atoms with Gasteiger partial charge in [0.25, 0.3) is 11.8 Å². The molecule has 0 saturated carbocycles. The zero-order valence-electron chi connectivity index (χ0n) is 17.6. The number of likely N-dealkylation sites (tertiary alicyclic amines) is 2. The Labute approximate surface area is 190 Å². The number of benzene rings is 2. The highest BCUT2D eigenvalue weighted by Crippen LogP contribution is 2.33. The number of rotatable bonds is 4. The minimum atomic E-state index is -0.478. The van der Waals surface area contributed by atoms with Gasteiger partial charge in [0.2, 0.25) is 0 Å². The summed E-state index contributed by atoms with van der Waals surface area (Å²) in [5.41, 5.74) is 4.02. The Morgan fingerprint density at radius 1 is 0.906 bits per heavy atom. The molecule has 2 amide bonds. The normalized spacial score (nSPS) is 17.3. The third-order valence-electron chi connectivity index (χ3n) is 6.65. The molecule has 7 heteroatoms. The third-order valence-corrected chi connectivity index (χ3v) is 7.24. The van der Waals surface area contributed by atoms with E-state index in [4.69, 9.17) is 0 Å². The predicted octanol–water partition coefficient (Wildman–Crippen LogP) is 4.57. The van der Waals surface area contributed by atoms with Gasteiger partial charge in [0.05, 0.1) is 11.1 Å². The highest BCUT2D eigenvalue weighted by molar-refractivity contribution is 7.07. The van der Waals surface area contributed by atoms with Crippen molar-refractivity contribution in [3.63, 3.8) is 0 Å². The van der Waals surface area contributed by atoms with Crippen molar-refractivity contribution in [3.05, 3.63) is 76.5 Å². The Morgan fingerprint density at radius 2 is 1.66 bits per heavy atom. The molecule has 5 nitrogen and oxygen atoms in total. The number of amides is 2. The van der Waals surface area contributed by atoms with Crippen molar-refractivity contribution < 1.29 is 14.0 Å². The minimum Gasteiger partial charge on any atom is -0.338 e. The molecule has 3 heterocycles. The lowest BCUT2D eigenvalue weighted by Crippen LogP contribution is -2.54. The summed E-state index contributed by atoms with van der Waals surface area (Å²) in [7, 11) is 0. The van der Waals surface area contributed by atoms with E-state index in [1.54, 1.807) is 27.9 Å². The summed E-state index contributed by atoms with van der Waals surface area (Å²) in [6, 6.07) is 14.4. The maximum absolute atomic E-state index is 14.7. The molecule has 0 spiro atoms. The van der Waals surface area contributed by atoms with Gasteiger partial charge >= 0.3 is 0 Å². The number of thiazole rings is 1. The van der Waals surface area contributed by atoms with E-state index in [0.29, 0.717) is 30.6 Å². The van der Waals surface area contributed by atoms with E-state index in [-0.39, 0.29) is 17.4 Å². The molecule has 0 bridgehead atoms. The van der Waals surface area contributed by atoms with E-state index in [9.17, 15) is 14.0 Å². The molecule has 2 aromatic carbocycles. The molecule has 0 aliphatic carbocycles. The number of halogens is 1. The van der Waals surface area contributed by atoms with Crippen molar-refractivity contribution in [2.45, 2.75) is 12.8 Å². The SMILES string of the molecule is O=C(c1cscn1)N1CCC(C2CN(C(=O)c3ccc(-c4ccccc4)cc3F)C2)CC1. The van der Waals surface area contributed by atoms with Crippen LogP contribution in [0.2, 0.25) is 0 Å². The van der Waals surface area contributed by atoms with Gasteiger partial charge in [-0.2, -0.15) is 0 Å². The van der Waals surface area contributed by atoms with Crippen LogP contribution in [-0.4, -0.2) is 52.8 Å². The molecular weight excluding hydrogens is 425 g/mol. The highest BCUT2D eigenvalue weighted by Gasteiger charge is 2.39. The standard InChI is InChI=1S/C25H24FN3O2S/c26-22-12-19(17-4-2-1-3-5-17)6-7-21(22)24(30)29-13-20(14-29)18-8-10-28(11-9-18)25(31)23-15-32-16-27-23/h1-7,12,15-16,18,20H,8-11,13-14H2. The Hall–Kier alpha value is -3.06. The quantitative estimate of drug-likeness (QED) is 0.586. The van der Waals surface area contributed by atoms with E-state index in [1.165, 1.54) is 17.4 Å². The summed E-state index contributed by atoms with van der Waals surface area (Å²) >= 11 is 1.43. The zero-order valence-corrected chi connectivity index (χ0v) is 18.4. The van der Waals surface area contributed by atoms with Crippen LogP contribution in [0, 0.1) is 17.7 Å². The van der Waals surface area contributed by atoms with Crippen LogP contribution in [-0.2, 0) is 0 Å². The van der Waals surface area contributed by atoms with Crippen LogP contribution in [0.15, 0.2) is 59.4 Å². The molecule has 5 rings (SSSR count). The Balaban J connectivity index is 1.15. The number of hydrogen-bond acceptors (Lipinski definition) is 4. The molecule has 2 aliphatic heterocycles. The molecule has 164 valence electrons. The molecule has 32 heavy (non-hydrogen) atoms. The summed E-state index contributed by atoms with van der Waals surface area (Å²) in [6.45, 7) is 2.76. The number of carbonyl (C=O) groups is 2. The van der Waals surface area contributed by atoms with Crippen LogP contribution in [0.1, 0.15) is 33.7 Å². The predicted molar refractivity (Wildman–Crippen MR) is 122 cm³/mol. The van der Waals surface area contributed by atoms with E-state index >= 15 is 0 Å². The van der Waals surface area contributed by atoms with E-state index < -0.39 is 5.82 Å². The Bertz CT molecular complexity index is 1110. The average molecular weight is 450 g/mol. The maximum Gasteiger partial charge on any atom is 0.273 e. The second-order valence-corrected chi connectivity index (χ2v) is 9.25. The third kappa shape index (κ3) is 4.05. The van der Waals surface area contributed by atoms with Gasteiger partial charge in [0.15, 0.2) is 0 Å². The van der Waals surface area contributed by atoms with Crippen molar-refractivity contribution >= 4 is 23.2 Å². The van der Waals surface area contributed by atoms with Crippen molar-refractivity contribution in [2.75, 3.05) is 26.2 Å². The smallest absolute Gasteiger partial charge is 0.273 e. The van der Waals surface area contributed by atoms with Gasteiger partial charge in [0, 0.05) is 31.6 Å². The number of nitrogens with zero attached hydrogens (tertiary/aromatic N) is 3. The van der Waals surface area contributed by atoms with Crippen molar-refractivity contribution in [1.29, 1.82) is 0 Å². The monoisotopic (exact) mass is 449 g/mol. The molecule has 2 aliphatic rings. The summed E-state index contributed by atoms with van der Waals surface area (Å²) in [6.07, 6.45) is 1.87. The van der Waals surface area contributed by atoms with Gasteiger partial charge in [-0.15, -0.1) is 11.3 Å². The van der Waals surface area contributed by atoms with Crippen LogP contribution in [0.4, 0.5) is 4.39 Å². The van der Waals surface area contributed by atoms with Crippen LogP contribution >= 0.6 is 11.3 Å². The van der Waals surface area contributed by atoms with E-state index in [1.807, 2.05) is 35.2 Å². The Kier molecular flexibility index (Phi) is 5.74. The first-order valence-corrected chi connectivity index (χ1v) is 11.9. The minimum absolute atomic E-state index is 0.00420. The number of aromatic nitrogens is 1. The zero-order chi connectivity index (χ0) is 22.1. The van der Waals surface area contributed by atoms with Gasteiger partial charge in [-0.1, -0.05) is 36.4 Å². The molecule has 0 N–H and O–H groups in total. The van der Waals surface area contributed by atoms with Gasteiger partial charge < -0.3 is 9.80 Å². The van der Waals surface area contributed by atoms with E-state index in [0.717, 1.165) is 37.1 Å². The van der Waals surface area contributed by atoms with Crippen LogP contribution in [0.25, 0.3) is 11.1 Å². The van der Waals surface area contributed by atoms with E-state index in [2.05, 4.69) is 4.98 Å². The summed E-state index contributed by atoms with van der Waals surface area (Å²) < 4.78 is 14.7. The molecule has 0 atom stereocenters. The first kappa shape index (κ1) is 20.8. The van der Waals surface area contributed by atoms with Gasteiger partial charge in [0.1, 0.15) is 11.5 Å². The second-order valence-electron chi connectivity index (χ2n) is 8.53. The van der Waals surface area contributed by atoms with Gasteiger partial charge in [-0.05, 0) is 47.9 Å². The molecule has 0 radical (unpaired) electrons. The lowest BCUT2D eigenvalue weighted by atomic mass is 9.79. The molecule has 2 fully saturated rings. The summed E-state index contributed by atoms with van der Waals surface area (Å²) in [5.74, 6) is 0.193.